The molecule has 0 heterocycles. The Hall–Kier alpha value is -1.74. The van der Waals surface area contributed by atoms with Crippen LogP contribution in [-0.4, -0.2) is 0 Å². The van der Waals surface area contributed by atoms with Crippen LogP contribution in [0.25, 0.3) is 0 Å². The van der Waals surface area contributed by atoms with Crippen molar-refractivity contribution in [1.82, 2.24) is 0 Å². The summed E-state index contributed by atoms with van der Waals surface area (Å²) in [7, 11) is 0. The van der Waals surface area contributed by atoms with Gasteiger partial charge in [-0.05, 0) is 30.7 Å². The van der Waals surface area contributed by atoms with Gasteiger partial charge in [0, 0.05) is 11.1 Å². The highest BCUT2D eigenvalue weighted by Crippen LogP contribution is 2.32. The lowest BCUT2D eigenvalue weighted by molar-refractivity contribution is 0.442. The third-order valence-corrected chi connectivity index (χ3v) is 2.59. The molecular formula is C13H11ClFNO. The number of benzene rings is 2. The second kappa shape index (κ2) is 4.63. The first-order valence-corrected chi connectivity index (χ1v) is 5.43. The van der Waals surface area contributed by atoms with E-state index in [1.807, 2.05) is 0 Å². The molecule has 0 saturated heterocycles. The Bertz CT molecular complexity index is 557. The van der Waals surface area contributed by atoms with Crippen molar-refractivity contribution in [2.24, 2.45) is 0 Å². The molecule has 0 bridgehead atoms. The second-order valence-electron chi connectivity index (χ2n) is 3.67. The van der Waals surface area contributed by atoms with Gasteiger partial charge < -0.3 is 10.5 Å². The van der Waals surface area contributed by atoms with Crippen LogP contribution in [0.2, 0.25) is 5.02 Å². The molecule has 0 aromatic heterocycles. The number of hydrogen-bond donors (Lipinski definition) is 1. The van der Waals surface area contributed by atoms with Crippen LogP contribution in [0.1, 0.15) is 5.56 Å². The summed E-state index contributed by atoms with van der Waals surface area (Å²) in [5.41, 5.74) is 6.65. The number of rotatable bonds is 2. The molecule has 0 amide bonds. The maximum absolute atomic E-state index is 13.7. The molecule has 0 aliphatic rings. The van der Waals surface area contributed by atoms with Crippen LogP contribution in [-0.2, 0) is 0 Å². The van der Waals surface area contributed by atoms with Gasteiger partial charge in [-0.25, -0.2) is 4.39 Å². The molecule has 88 valence electrons. The molecule has 4 heteroatoms. The first-order chi connectivity index (χ1) is 8.08. The Kier molecular flexibility index (Phi) is 3.20. The molecule has 0 atom stereocenters. The molecule has 2 aromatic carbocycles. The standard InChI is InChI=1S/C13H11ClFNO/c1-8-3-2-4-11(13(8)15)17-12-7-9(14)5-6-10(12)16/h2-7H,16H2,1H3. The summed E-state index contributed by atoms with van der Waals surface area (Å²) in [6, 6.07) is 9.75. The molecule has 2 aromatic rings. The third-order valence-electron chi connectivity index (χ3n) is 2.35. The first kappa shape index (κ1) is 11.7. The summed E-state index contributed by atoms with van der Waals surface area (Å²) in [4.78, 5) is 0. The number of anilines is 1. The van der Waals surface area contributed by atoms with Crippen molar-refractivity contribution >= 4 is 17.3 Å². The minimum Gasteiger partial charge on any atom is -0.452 e. The van der Waals surface area contributed by atoms with Crippen molar-refractivity contribution in [3.05, 3.63) is 52.8 Å². The van der Waals surface area contributed by atoms with Gasteiger partial charge in [-0.15, -0.1) is 0 Å². The highest BCUT2D eigenvalue weighted by atomic mass is 35.5. The molecule has 2 N–H and O–H groups in total. The predicted octanol–water partition coefficient (Wildman–Crippen LogP) is 4.16. The number of aryl methyl sites for hydroxylation is 1. The summed E-state index contributed by atoms with van der Waals surface area (Å²) in [5.74, 6) is 0.0906. The molecule has 0 unspecified atom stereocenters. The zero-order valence-electron chi connectivity index (χ0n) is 9.21. The lowest BCUT2D eigenvalue weighted by Crippen LogP contribution is -1.94. The Morgan fingerprint density at radius 2 is 1.94 bits per heavy atom. The summed E-state index contributed by atoms with van der Waals surface area (Å²) < 4.78 is 19.1. The summed E-state index contributed by atoms with van der Waals surface area (Å²) in [6.07, 6.45) is 0. The fourth-order valence-electron chi connectivity index (χ4n) is 1.41. The molecular weight excluding hydrogens is 241 g/mol. The SMILES string of the molecule is Cc1cccc(Oc2cc(Cl)ccc2N)c1F. The molecule has 0 radical (unpaired) electrons. The van der Waals surface area contributed by atoms with E-state index in [-0.39, 0.29) is 5.75 Å². The van der Waals surface area contributed by atoms with Crippen LogP contribution in [0, 0.1) is 12.7 Å². The minimum absolute atomic E-state index is 0.138. The van der Waals surface area contributed by atoms with Crippen molar-refractivity contribution < 1.29 is 9.13 Å². The average Bonchev–Trinajstić information content (AvgIpc) is 2.30. The largest absolute Gasteiger partial charge is 0.452 e. The van der Waals surface area contributed by atoms with Crippen molar-refractivity contribution in [1.29, 1.82) is 0 Å². The van der Waals surface area contributed by atoms with Gasteiger partial charge in [0.25, 0.3) is 0 Å². The third kappa shape index (κ3) is 2.50. The van der Waals surface area contributed by atoms with E-state index in [0.717, 1.165) is 0 Å². The maximum atomic E-state index is 13.7. The number of nitrogen functional groups attached to an aromatic ring is 1. The van der Waals surface area contributed by atoms with Gasteiger partial charge in [-0.2, -0.15) is 0 Å². The maximum Gasteiger partial charge on any atom is 0.168 e. The van der Waals surface area contributed by atoms with Gasteiger partial charge in [0.2, 0.25) is 0 Å². The van der Waals surface area contributed by atoms with Crippen molar-refractivity contribution in [3.8, 4) is 11.5 Å². The van der Waals surface area contributed by atoms with Crippen molar-refractivity contribution in [2.45, 2.75) is 6.92 Å². The van der Waals surface area contributed by atoms with Crippen molar-refractivity contribution in [2.75, 3.05) is 5.73 Å². The second-order valence-corrected chi connectivity index (χ2v) is 4.11. The highest BCUT2D eigenvalue weighted by Gasteiger charge is 2.09. The molecule has 0 aliphatic heterocycles. The number of halogens is 2. The van der Waals surface area contributed by atoms with Crippen LogP contribution < -0.4 is 10.5 Å². The van der Waals surface area contributed by atoms with Gasteiger partial charge in [-0.1, -0.05) is 23.7 Å². The lowest BCUT2D eigenvalue weighted by Gasteiger charge is -2.10. The van der Waals surface area contributed by atoms with E-state index < -0.39 is 5.82 Å². The van der Waals surface area contributed by atoms with E-state index in [0.29, 0.717) is 22.0 Å². The van der Waals surface area contributed by atoms with Gasteiger partial charge in [-0.3, -0.25) is 0 Å². The predicted molar refractivity (Wildman–Crippen MR) is 67.1 cm³/mol. The van der Waals surface area contributed by atoms with Gasteiger partial charge in [0.1, 0.15) is 0 Å². The monoisotopic (exact) mass is 251 g/mol. The van der Waals surface area contributed by atoms with E-state index in [4.69, 9.17) is 22.1 Å². The van der Waals surface area contributed by atoms with E-state index in [9.17, 15) is 4.39 Å². The average molecular weight is 252 g/mol. The van der Waals surface area contributed by atoms with E-state index in [1.165, 1.54) is 0 Å². The Morgan fingerprint density at radius 1 is 1.18 bits per heavy atom. The van der Waals surface area contributed by atoms with Crippen LogP contribution >= 0.6 is 11.6 Å². The smallest absolute Gasteiger partial charge is 0.168 e. The fraction of sp³-hybridized carbons (Fsp3) is 0.0769. The molecule has 2 nitrogen and oxygen atoms in total. The van der Waals surface area contributed by atoms with Gasteiger partial charge >= 0.3 is 0 Å². The summed E-state index contributed by atoms with van der Waals surface area (Å²) >= 11 is 5.82. The highest BCUT2D eigenvalue weighted by molar-refractivity contribution is 6.30. The molecule has 2 rings (SSSR count). The zero-order chi connectivity index (χ0) is 12.4. The Labute approximate surface area is 104 Å². The Morgan fingerprint density at radius 3 is 2.71 bits per heavy atom. The van der Waals surface area contributed by atoms with E-state index in [2.05, 4.69) is 0 Å². The number of ether oxygens (including phenoxy) is 1. The Balaban J connectivity index is 2.38. The van der Waals surface area contributed by atoms with E-state index >= 15 is 0 Å². The summed E-state index contributed by atoms with van der Waals surface area (Å²) in [6.45, 7) is 1.67. The molecule has 0 fully saturated rings. The summed E-state index contributed by atoms with van der Waals surface area (Å²) in [5, 5.41) is 0.488. The zero-order valence-corrected chi connectivity index (χ0v) is 9.96. The molecule has 0 saturated carbocycles. The number of hydrogen-bond acceptors (Lipinski definition) is 2. The normalized spacial score (nSPS) is 10.3. The van der Waals surface area contributed by atoms with Gasteiger partial charge in [0.05, 0.1) is 5.69 Å². The quantitative estimate of drug-likeness (QED) is 0.814. The van der Waals surface area contributed by atoms with Crippen LogP contribution in [0.5, 0.6) is 11.5 Å². The fourth-order valence-corrected chi connectivity index (χ4v) is 1.58. The first-order valence-electron chi connectivity index (χ1n) is 5.06. The topological polar surface area (TPSA) is 35.2 Å². The van der Waals surface area contributed by atoms with Crippen LogP contribution in [0.3, 0.4) is 0 Å². The van der Waals surface area contributed by atoms with Crippen molar-refractivity contribution in [3.63, 3.8) is 0 Å². The lowest BCUT2D eigenvalue weighted by atomic mass is 10.2. The van der Waals surface area contributed by atoms with Crippen LogP contribution in [0.4, 0.5) is 10.1 Å². The molecule has 17 heavy (non-hydrogen) atoms. The molecule has 0 spiro atoms. The van der Waals surface area contributed by atoms with Crippen LogP contribution in [0.15, 0.2) is 36.4 Å². The molecule has 0 aliphatic carbocycles. The van der Waals surface area contributed by atoms with E-state index in [1.54, 1.807) is 43.3 Å². The number of nitrogens with two attached hydrogens (primary N) is 1. The minimum atomic E-state index is -0.396. The van der Waals surface area contributed by atoms with Gasteiger partial charge in [0.15, 0.2) is 17.3 Å².